The van der Waals surface area contributed by atoms with E-state index in [1.54, 1.807) is 6.92 Å². The van der Waals surface area contributed by atoms with Gasteiger partial charge in [-0.25, -0.2) is 13.8 Å². The highest BCUT2D eigenvalue weighted by Crippen LogP contribution is 2.25. The number of hydrogen-bond donors (Lipinski definition) is 0. The van der Waals surface area contributed by atoms with Crippen LogP contribution in [0.1, 0.15) is 24.6 Å². The number of aromatic nitrogens is 1. The highest BCUT2D eigenvalue weighted by atomic mass is 35.5. The second-order valence-electron chi connectivity index (χ2n) is 3.08. The van der Waals surface area contributed by atoms with E-state index in [0.29, 0.717) is 0 Å². The number of ether oxygens (including phenoxy) is 1. The summed E-state index contributed by atoms with van der Waals surface area (Å²) in [6.45, 7) is 1.73. The summed E-state index contributed by atoms with van der Waals surface area (Å²) in [7, 11) is 0. The van der Waals surface area contributed by atoms with Gasteiger partial charge in [-0.05, 0) is 13.0 Å². The molecule has 0 amide bonds. The summed E-state index contributed by atoms with van der Waals surface area (Å²) in [6.07, 6.45) is -3.35. The maximum absolute atomic E-state index is 13.3. The molecule has 0 aliphatic carbocycles. The van der Waals surface area contributed by atoms with Crippen molar-refractivity contribution in [3.8, 4) is 0 Å². The summed E-state index contributed by atoms with van der Waals surface area (Å²) in [5.41, 5.74) is -1.00. The summed E-state index contributed by atoms with van der Waals surface area (Å²) in [5.74, 6) is -1.87. The van der Waals surface area contributed by atoms with Gasteiger partial charge in [0.05, 0.1) is 18.1 Å². The number of pyridine rings is 1. The third-order valence-corrected chi connectivity index (χ3v) is 2.23. The van der Waals surface area contributed by atoms with Crippen molar-refractivity contribution in [1.82, 2.24) is 4.98 Å². The molecule has 1 aromatic heterocycles. The molecule has 7 heteroatoms. The lowest BCUT2D eigenvalue weighted by atomic mass is 10.2. The molecule has 0 fully saturated rings. The van der Waals surface area contributed by atoms with Gasteiger partial charge < -0.3 is 4.74 Å². The van der Waals surface area contributed by atoms with Crippen molar-refractivity contribution < 1.29 is 22.7 Å². The lowest BCUT2D eigenvalue weighted by Crippen LogP contribution is -2.11. The summed E-state index contributed by atoms with van der Waals surface area (Å²) >= 11 is 5.60. The van der Waals surface area contributed by atoms with Gasteiger partial charge in [-0.3, -0.25) is 4.79 Å². The smallest absolute Gasteiger partial charge is 0.310 e. The average molecular weight is 268 g/mol. The number of alkyl halides is 2. The molecule has 0 aromatic carbocycles. The van der Waals surface area contributed by atoms with E-state index in [0.717, 1.165) is 6.07 Å². The summed E-state index contributed by atoms with van der Waals surface area (Å²) in [6, 6.07) is 0.837. The molecule has 1 rings (SSSR count). The van der Waals surface area contributed by atoms with E-state index in [2.05, 4.69) is 9.72 Å². The maximum Gasteiger partial charge on any atom is 0.310 e. The van der Waals surface area contributed by atoms with Gasteiger partial charge in [0.1, 0.15) is 5.69 Å². The zero-order chi connectivity index (χ0) is 13.0. The summed E-state index contributed by atoms with van der Waals surface area (Å²) in [4.78, 5) is 14.2. The Hall–Kier alpha value is -1.30. The molecule has 0 atom stereocenters. The standard InChI is InChI=1S/C10H9ClF3NO2/c1-2-17-8(16)3-5-6(11)4-7(9(12)13)15-10(5)14/h4,9H,2-3H2,1H3. The van der Waals surface area contributed by atoms with Crippen LogP contribution in [0.3, 0.4) is 0 Å². The van der Waals surface area contributed by atoms with Crippen LogP contribution in [0.2, 0.25) is 5.02 Å². The van der Waals surface area contributed by atoms with Crippen LogP contribution < -0.4 is 0 Å². The van der Waals surface area contributed by atoms with Gasteiger partial charge in [0, 0.05) is 5.56 Å². The van der Waals surface area contributed by atoms with Crippen LogP contribution in [-0.2, 0) is 16.0 Å². The van der Waals surface area contributed by atoms with Crippen LogP contribution in [0.15, 0.2) is 6.07 Å². The van der Waals surface area contributed by atoms with Crippen LogP contribution in [0.5, 0.6) is 0 Å². The fourth-order valence-electron chi connectivity index (χ4n) is 1.15. The van der Waals surface area contributed by atoms with Gasteiger partial charge >= 0.3 is 5.97 Å². The second kappa shape index (κ2) is 5.86. The number of nitrogens with zero attached hydrogens (tertiary/aromatic N) is 1. The van der Waals surface area contributed by atoms with Crippen LogP contribution in [0, 0.1) is 5.95 Å². The van der Waals surface area contributed by atoms with Crippen LogP contribution in [-0.4, -0.2) is 17.6 Å². The Bertz CT molecular complexity index is 403. The van der Waals surface area contributed by atoms with Crippen LogP contribution in [0.25, 0.3) is 0 Å². The Labute approximate surface area is 101 Å². The van der Waals surface area contributed by atoms with Crippen molar-refractivity contribution in [1.29, 1.82) is 0 Å². The van der Waals surface area contributed by atoms with E-state index in [1.165, 1.54) is 0 Å². The minimum absolute atomic E-state index is 0.140. The third-order valence-electron chi connectivity index (χ3n) is 1.89. The molecule has 17 heavy (non-hydrogen) atoms. The third kappa shape index (κ3) is 3.59. The first-order valence-corrected chi connectivity index (χ1v) is 5.12. The monoisotopic (exact) mass is 267 g/mol. The zero-order valence-corrected chi connectivity index (χ0v) is 9.60. The first-order valence-electron chi connectivity index (χ1n) is 4.74. The fraction of sp³-hybridized carbons (Fsp3) is 0.400. The minimum atomic E-state index is -2.92. The summed E-state index contributed by atoms with van der Waals surface area (Å²) in [5, 5.41) is -0.263. The molecule has 0 unspecified atom stereocenters. The predicted molar refractivity (Wildman–Crippen MR) is 54.5 cm³/mol. The lowest BCUT2D eigenvalue weighted by molar-refractivity contribution is -0.142. The second-order valence-corrected chi connectivity index (χ2v) is 3.49. The topological polar surface area (TPSA) is 39.2 Å². The average Bonchev–Trinajstić information content (AvgIpc) is 2.23. The molecule has 0 saturated heterocycles. The Balaban J connectivity index is 2.97. The molecule has 0 bridgehead atoms. The van der Waals surface area contributed by atoms with Gasteiger partial charge in [-0.15, -0.1) is 0 Å². The number of esters is 1. The van der Waals surface area contributed by atoms with Crippen molar-refractivity contribution in [2.24, 2.45) is 0 Å². The number of rotatable bonds is 4. The first-order chi connectivity index (χ1) is 7.95. The van der Waals surface area contributed by atoms with E-state index in [-0.39, 0.29) is 17.2 Å². The van der Waals surface area contributed by atoms with Crippen molar-refractivity contribution >= 4 is 17.6 Å². The van der Waals surface area contributed by atoms with Crippen LogP contribution in [0.4, 0.5) is 13.2 Å². The highest BCUT2D eigenvalue weighted by Gasteiger charge is 2.19. The van der Waals surface area contributed by atoms with E-state index in [1.807, 2.05) is 0 Å². The molecule has 1 heterocycles. The van der Waals surface area contributed by atoms with Crippen molar-refractivity contribution in [3.05, 3.63) is 28.3 Å². The van der Waals surface area contributed by atoms with E-state index < -0.39 is 30.5 Å². The van der Waals surface area contributed by atoms with Gasteiger partial charge in [0.25, 0.3) is 6.43 Å². The van der Waals surface area contributed by atoms with E-state index in [4.69, 9.17) is 11.6 Å². The zero-order valence-electron chi connectivity index (χ0n) is 8.84. The van der Waals surface area contributed by atoms with Gasteiger partial charge in [-0.2, -0.15) is 4.39 Å². The molecule has 0 spiro atoms. The Morgan fingerprint density at radius 1 is 1.59 bits per heavy atom. The lowest BCUT2D eigenvalue weighted by Gasteiger charge is -2.07. The van der Waals surface area contributed by atoms with Crippen molar-refractivity contribution in [2.45, 2.75) is 19.8 Å². The molecule has 1 aromatic rings. The van der Waals surface area contributed by atoms with Gasteiger partial charge in [0.2, 0.25) is 5.95 Å². The number of hydrogen-bond acceptors (Lipinski definition) is 3. The Kier molecular flexibility index (Phi) is 4.74. The molecule has 0 radical (unpaired) electrons. The normalized spacial score (nSPS) is 10.7. The predicted octanol–water partition coefficient (Wildman–Crippen LogP) is 2.92. The largest absolute Gasteiger partial charge is 0.466 e. The number of carbonyl (C=O) groups is 1. The fourth-order valence-corrected chi connectivity index (χ4v) is 1.41. The number of carbonyl (C=O) groups excluding carboxylic acids is 1. The van der Waals surface area contributed by atoms with Crippen molar-refractivity contribution in [3.63, 3.8) is 0 Å². The quantitative estimate of drug-likeness (QED) is 0.622. The minimum Gasteiger partial charge on any atom is -0.466 e. The van der Waals surface area contributed by atoms with Gasteiger partial charge in [-0.1, -0.05) is 11.6 Å². The van der Waals surface area contributed by atoms with Crippen molar-refractivity contribution in [2.75, 3.05) is 6.61 Å². The molecule has 94 valence electrons. The molecule has 0 aliphatic heterocycles. The summed E-state index contributed by atoms with van der Waals surface area (Å²) < 4.78 is 42.5. The molecule has 3 nitrogen and oxygen atoms in total. The maximum atomic E-state index is 13.3. The molecular weight excluding hydrogens is 259 g/mol. The first kappa shape index (κ1) is 13.8. The van der Waals surface area contributed by atoms with E-state index >= 15 is 0 Å². The molecule has 0 N–H and O–H groups in total. The SMILES string of the molecule is CCOC(=O)Cc1c(Cl)cc(C(F)F)nc1F. The number of halogens is 4. The highest BCUT2D eigenvalue weighted by molar-refractivity contribution is 6.31. The van der Waals surface area contributed by atoms with Gasteiger partial charge in [0.15, 0.2) is 0 Å². The Morgan fingerprint density at radius 2 is 2.24 bits per heavy atom. The molecule has 0 saturated carbocycles. The molecular formula is C10H9ClF3NO2. The van der Waals surface area contributed by atoms with Crippen LogP contribution >= 0.6 is 11.6 Å². The Morgan fingerprint density at radius 3 is 2.71 bits per heavy atom. The van der Waals surface area contributed by atoms with E-state index in [9.17, 15) is 18.0 Å². The molecule has 0 aliphatic rings.